The van der Waals surface area contributed by atoms with Crippen molar-refractivity contribution in [1.29, 1.82) is 0 Å². The van der Waals surface area contributed by atoms with Gasteiger partial charge < -0.3 is 19.7 Å². The van der Waals surface area contributed by atoms with Gasteiger partial charge in [-0.05, 0) is 20.8 Å². The van der Waals surface area contributed by atoms with Crippen LogP contribution in [0.2, 0.25) is 0 Å². The summed E-state index contributed by atoms with van der Waals surface area (Å²) in [7, 11) is 0. The van der Waals surface area contributed by atoms with Gasteiger partial charge in [-0.3, -0.25) is 4.79 Å². The predicted molar refractivity (Wildman–Crippen MR) is 67.6 cm³/mol. The molecule has 1 atom stereocenters. The molecule has 2 amide bonds. The fourth-order valence-corrected chi connectivity index (χ4v) is 1.75. The number of carbonyl (C=O) groups is 2. The van der Waals surface area contributed by atoms with E-state index in [1.54, 1.807) is 27.0 Å². The number of hydrogen-bond acceptors (Lipinski definition) is 4. The molecule has 0 aliphatic rings. The topological polar surface area (TPSA) is 95.7 Å². The quantitative estimate of drug-likeness (QED) is 0.813. The molecule has 0 radical (unpaired) electrons. The molecule has 1 rings (SSSR count). The van der Waals surface area contributed by atoms with Gasteiger partial charge in [0.15, 0.2) is 0 Å². The maximum absolute atomic E-state index is 11.9. The number of nitrogens with zero attached hydrogens (tertiary/aromatic N) is 2. The zero-order valence-corrected chi connectivity index (χ0v) is 11.3. The standard InChI is InChI=1S/C12H19N3O4/c1-4-15(8(2)5-11(16)17)12(18)14-7-10-13-6-9(3)19-10/h6,8H,4-5,7H2,1-3H3,(H,14,18)(H,16,17). The van der Waals surface area contributed by atoms with Gasteiger partial charge in [0.05, 0.1) is 19.2 Å². The fourth-order valence-electron chi connectivity index (χ4n) is 1.75. The first-order valence-corrected chi connectivity index (χ1v) is 6.11. The summed E-state index contributed by atoms with van der Waals surface area (Å²) >= 11 is 0. The smallest absolute Gasteiger partial charge is 0.318 e. The van der Waals surface area contributed by atoms with Crippen LogP contribution < -0.4 is 5.32 Å². The summed E-state index contributed by atoms with van der Waals surface area (Å²) in [4.78, 5) is 28.0. The maximum Gasteiger partial charge on any atom is 0.318 e. The van der Waals surface area contributed by atoms with Crippen molar-refractivity contribution in [3.05, 3.63) is 17.8 Å². The fraction of sp³-hybridized carbons (Fsp3) is 0.583. The molecule has 19 heavy (non-hydrogen) atoms. The molecule has 0 spiro atoms. The minimum atomic E-state index is -0.929. The van der Waals surface area contributed by atoms with Gasteiger partial charge in [-0.2, -0.15) is 0 Å². The van der Waals surface area contributed by atoms with Crippen LogP contribution in [0.4, 0.5) is 4.79 Å². The summed E-state index contributed by atoms with van der Waals surface area (Å²) in [5.74, 6) is 0.172. The highest BCUT2D eigenvalue weighted by Gasteiger charge is 2.20. The monoisotopic (exact) mass is 269 g/mol. The molecule has 0 saturated heterocycles. The van der Waals surface area contributed by atoms with Gasteiger partial charge in [0, 0.05) is 12.6 Å². The molecule has 0 aromatic carbocycles. The average molecular weight is 269 g/mol. The van der Waals surface area contributed by atoms with E-state index in [4.69, 9.17) is 9.52 Å². The molecule has 0 saturated carbocycles. The number of aliphatic carboxylic acids is 1. The van der Waals surface area contributed by atoms with Crippen molar-refractivity contribution in [1.82, 2.24) is 15.2 Å². The molecule has 1 aromatic heterocycles. The molecule has 7 heteroatoms. The minimum absolute atomic E-state index is 0.0840. The van der Waals surface area contributed by atoms with E-state index in [0.717, 1.165) is 0 Å². The summed E-state index contributed by atoms with van der Waals surface area (Å²) in [6.45, 7) is 5.89. The van der Waals surface area contributed by atoms with Crippen molar-refractivity contribution in [2.24, 2.45) is 0 Å². The Hall–Kier alpha value is -2.05. The van der Waals surface area contributed by atoms with E-state index in [-0.39, 0.29) is 25.0 Å². The molecule has 1 heterocycles. The Kier molecular flexibility index (Phi) is 5.35. The Morgan fingerprint density at radius 2 is 2.26 bits per heavy atom. The Bertz CT molecular complexity index is 444. The highest BCUT2D eigenvalue weighted by atomic mass is 16.4. The lowest BCUT2D eigenvalue weighted by molar-refractivity contribution is -0.138. The molecule has 0 aliphatic heterocycles. The van der Waals surface area contributed by atoms with Gasteiger partial charge in [0.25, 0.3) is 0 Å². The number of oxazole rings is 1. The number of aromatic nitrogens is 1. The van der Waals surface area contributed by atoms with Crippen LogP contribution in [-0.4, -0.2) is 39.6 Å². The average Bonchev–Trinajstić information content (AvgIpc) is 2.72. The Morgan fingerprint density at radius 1 is 1.58 bits per heavy atom. The summed E-state index contributed by atoms with van der Waals surface area (Å²) in [5.41, 5.74) is 0. The first-order valence-electron chi connectivity index (χ1n) is 6.11. The number of urea groups is 1. The van der Waals surface area contributed by atoms with E-state index >= 15 is 0 Å². The van der Waals surface area contributed by atoms with Crippen LogP contribution in [0.15, 0.2) is 10.6 Å². The maximum atomic E-state index is 11.9. The van der Waals surface area contributed by atoms with Gasteiger partial charge in [0.1, 0.15) is 5.76 Å². The first-order chi connectivity index (χ1) is 8.93. The lowest BCUT2D eigenvalue weighted by Crippen LogP contribution is -2.45. The lowest BCUT2D eigenvalue weighted by atomic mass is 10.2. The van der Waals surface area contributed by atoms with Gasteiger partial charge >= 0.3 is 12.0 Å². The van der Waals surface area contributed by atoms with Crippen molar-refractivity contribution >= 4 is 12.0 Å². The normalized spacial score (nSPS) is 11.9. The van der Waals surface area contributed by atoms with E-state index in [1.807, 2.05) is 0 Å². The zero-order valence-electron chi connectivity index (χ0n) is 11.3. The Labute approximate surface area is 111 Å². The van der Waals surface area contributed by atoms with Crippen LogP contribution in [-0.2, 0) is 11.3 Å². The van der Waals surface area contributed by atoms with Crippen LogP contribution in [0, 0.1) is 6.92 Å². The largest absolute Gasteiger partial charge is 0.481 e. The number of carboxylic acid groups (broad SMARTS) is 1. The van der Waals surface area contributed by atoms with Gasteiger partial charge in [0.2, 0.25) is 5.89 Å². The van der Waals surface area contributed by atoms with E-state index in [9.17, 15) is 9.59 Å². The second-order valence-corrected chi connectivity index (χ2v) is 4.26. The Morgan fingerprint density at radius 3 is 2.74 bits per heavy atom. The third-order valence-corrected chi connectivity index (χ3v) is 2.66. The third-order valence-electron chi connectivity index (χ3n) is 2.66. The number of aryl methyl sites for hydroxylation is 1. The number of carbonyl (C=O) groups excluding carboxylic acids is 1. The molecule has 1 unspecified atom stereocenters. The third kappa shape index (κ3) is 4.61. The van der Waals surface area contributed by atoms with Gasteiger partial charge in [-0.25, -0.2) is 9.78 Å². The van der Waals surface area contributed by atoms with Crippen molar-refractivity contribution < 1.29 is 19.1 Å². The molecule has 0 aliphatic carbocycles. The van der Waals surface area contributed by atoms with E-state index in [1.165, 1.54) is 4.90 Å². The van der Waals surface area contributed by atoms with E-state index in [0.29, 0.717) is 18.2 Å². The molecular formula is C12H19N3O4. The van der Waals surface area contributed by atoms with Crippen LogP contribution in [0.3, 0.4) is 0 Å². The second-order valence-electron chi connectivity index (χ2n) is 4.26. The van der Waals surface area contributed by atoms with Crippen LogP contribution >= 0.6 is 0 Å². The molecule has 0 bridgehead atoms. The van der Waals surface area contributed by atoms with Crippen LogP contribution in [0.1, 0.15) is 31.9 Å². The number of carboxylic acids is 1. The van der Waals surface area contributed by atoms with Gasteiger partial charge in [-0.1, -0.05) is 0 Å². The van der Waals surface area contributed by atoms with E-state index in [2.05, 4.69) is 10.3 Å². The lowest BCUT2D eigenvalue weighted by Gasteiger charge is -2.26. The zero-order chi connectivity index (χ0) is 14.4. The van der Waals surface area contributed by atoms with Crippen molar-refractivity contribution in [3.63, 3.8) is 0 Å². The van der Waals surface area contributed by atoms with Gasteiger partial charge in [-0.15, -0.1) is 0 Å². The van der Waals surface area contributed by atoms with Crippen LogP contribution in [0.25, 0.3) is 0 Å². The SMILES string of the molecule is CCN(C(=O)NCc1ncc(C)o1)C(C)CC(=O)O. The highest BCUT2D eigenvalue weighted by molar-refractivity contribution is 5.75. The van der Waals surface area contributed by atoms with E-state index < -0.39 is 5.97 Å². The van der Waals surface area contributed by atoms with Crippen LogP contribution in [0.5, 0.6) is 0 Å². The first kappa shape index (κ1) is 15.0. The van der Waals surface area contributed by atoms with Crippen molar-refractivity contribution in [3.8, 4) is 0 Å². The Balaban J connectivity index is 2.51. The van der Waals surface area contributed by atoms with Crippen molar-refractivity contribution in [2.45, 2.75) is 39.8 Å². The molecule has 1 aromatic rings. The number of hydrogen-bond donors (Lipinski definition) is 2. The summed E-state index contributed by atoms with van der Waals surface area (Å²) in [5, 5.41) is 11.4. The molecule has 2 N–H and O–H groups in total. The minimum Gasteiger partial charge on any atom is -0.481 e. The number of amides is 2. The molecule has 106 valence electrons. The summed E-state index contributed by atoms with van der Waals surface area (Å²) in [6.07, 6.45) is 1.49. The molecule has 7 nitrogen and oxygen atoms in total. The summed E-state index contributed by atoms with van der Waals surface area (Å²) in [6, 6.07) is -0.694. The highest BCUT2D eigenvalue weighted by Crippen LogP contribution is 2.05. The number of nitrogens with one attached hydrogen (secondary N) is 1. The molecule has 0 fully saturated rings. The second kappa shape index (κ2) is 6.77. The predicted octanol–water partition coefficient (Wildman–Crippen LogP) is 1.38. The number of rotatable bonds is 6. The summed E-state index contributed by atoms with van der Waals surface area (Å²) < 4.78 is 5.23. The van der Waals surface area contributed by atoms with Crippen molar-refractivity contribution in [2.75, 3.05) is 6.54 Å². The molecular weight excluding hydrogens is 250 g/mol.